The maximum absolute atomic E-state index is 12.6. The fourth-order valence-electron chi connectivity index (χ4n) is 2.46. The van der Waals surface area contributed by atoms with E-state index in [1.807, 2.05) is 0 Å². The molecule has 0 unspecified atom stereocenters. The number of ether oxygens (including phenoxy) is 1. The van der Waals surface area contributed by atoms with Crippen LogP contribution in [0, 0.1) is 0 Å². The molecule has 0 aliphatic heterocycles. The van der Waals surface area contributed by atoms with Crippen LogP contribution < -0.4 is 10.3 Å². The lowest BCUT2D eigenvalue weighted by atomic mass is 10.1. The number of nitrogens with zero attached hydrogens (tertiary/aromatic N) is 3. The van der Waals surface area contributed by atoms with Gasteiger partial charge in [-0.2, -0.15) is 0 Å². The average molecular weight is 353 g/mol. The predicted octanol–water partition coefficient (Wildman–Crippen LogP) is 1.76. The molecule has 132 valence electrons. The van der Waals surface area contributed by atoms with Crippen LogP contribution in [0.1, 0.15) is 11.3 Å². The quantitative estimate of drug-likeness (QED) is 0.718. The topological polar surface area (TPSA) is 115 Å². The van der Waals surface area contributed by atoms with E-state index in [1.165, 1.54) is 25.4 Å². The first-order chi connectivity index (χ1) is 12.5. The zero-order valence-electron chi connectivity index (χ0n) is 13.8. The molecule has 1 aromatic carbocycles. The second-order valence-electron chi connectivity index (χ2n) is 5.39. The Kier molecular flexibility index (Phi) is 4.66. The van der Waals surface area contributed by atoms with Crippen LogP contribution in [0.4, 0.5) is 0 Å². The van der Waals surface area contributed by atoms with Crippen LogP contribution in [-0.2, 0) is 11.3 Å². The highest BCUT2D eigenvalue weighted by molar-refractivity contribution is 5.76. The molecule has 0 fully saturated rings. The largest absolute Gasteiger partial charge is 0.504 e. The third-order valence-corrected chi connectivity index (χ3v) is 3.66. The molecule has 0 aliphatic carbocycles. The summed E-state index contributed by atoms with van der Waals surface area (Å²) < 4.78 is 6.11. The van der Waals surface area contributed by atoms with Crippen molar-refractivity contribution in [2.24, 2.45) is 0 Å². The number of hydrogen-bond acceptors (Lipinski definition) is 6. The number of fused-ring (bicyclic) bond motifs is 1. The van der Waals surface area contributed by atoms with Crippen LogP contribution in [0.3, 0.4) is 0 Å². The maximum Gasteiger partial charge on any atom is 0.323 e. The number of phenolic OH excluding ortho intramolecular Hbond substituents is 1. The van der Waals surface area contributed by atoms with Crippen molar-refractivity contribution < 1.29 is 19.7 Å². The van der Waals surface area contributed by atoms with E-state index in [9.17, 15) is 14.7 Å². The van der Waals surface area contributed by atoms with Crippen molar-refractivity contribution in [2.45, 2.75) is 6.54 Å². The van der Waals surface area contributed by atoms with E-state index in [0.717, 1.165) is 4.57 Å². The average Bonchev–Trinajstić information content (AvgIpc) is 2.63. The van der Waals surface area contributed by atoms with Crippen molar-refractivity contribution in [1.82, 2.24) is 14.5 Å². The minimum atomic E-state index is -1.15. The van der Waals surface area contributed by atoms with Crippen LogP contribution in [0.15, 0.2) is 41.3 Å². The first kappa shape index (κ1) is 17.2. The monoisotopic (exact) mass is 353 g/mol. The zero-order valence-corrected chi connectivity index (χ0v) is 13.8. The van der Waals surface area contributed by atoms with E-state index in [-0.39, 0.29) is 17.1 Å². The molecular weight excluding hydrogens is 338 g/mol. The fourth-order valence-corrected chi connectivity index (χ4v) is 2.46. The Morgan fingerprint density at radius 2 is 2.12 bits per heavy atom. The first-order valence-electron chi connectivity index (χ1n) is 7.62. The number of phenols is 1. The number of pyridine rings is 1. The molecule has 0 saturated carbocycles. The highest BCUT2D eigenvalue weighted by atomic mass is 16.5. The smallest absolute Gasteiger partial charge is 0.323 e. The van der Waals surface area contributed by atoms with Crippen LogP contribution in [0.5, 0.6) is 11.5 Å². The van der Waals surface area contributed by atoms with Gasteiger partial charge in [0.25, 0.3) is 5.56 Å². The number of carboxylic acid groups (broad SMARTS) is 1. The van der Waals surface area contributed by atoms with Crippen molar-refractivity contribution in [2.75, 3.05) is 7.11 Å². The molecule has 0 atom stereocenters. The van der Waals surface area contributed by atoms with Gasteiger partial charge >= 0.3 is 5.97 Å². The number of benzene rings is 1. The summed E-state index contributed by atoms with van der Waals surface area (Å²) >= 11 is 0. The number of carbonyl (C=O) groups is 1. The molecular formula is C18H15N3O5. The molecule has 0 amide bonds. The number of aromatic nitrogens is 3. The van der Waals surface area contributed by atoms with Crippen molar-refractivity contribution in [3.05, 3.63) is 58.1 Å². The Hall–Kier alpha value is -3.68. The van der Waals surface area contributed by atoms with Crippen LogP contribution >= 0.6 is 0 Å². The number of hydrogen-bond donors (Lipinski definition) is 2. The van der Waals surface area contributed by atoms with Gasteiger partial charge in [-0.3, -0.25) is 14.2 Å². The molecule has 0 bridgehead atoms. The molecule has 0 radical (unpaired) electrons. The van der Waals surface area contributed by atoms with Gasteiger partial charge in [-0.05, 0) is 35.9 Å². The normalized spacial score (nSPS) is 11.1. The van der Waals surface area contributed by atoms with Gasteiger partial charge in [0, 0.05) is 6.20 Å². The SMILES string of the molecule is COc1cc(/C=C/c2nc3cccnc3n(CC(=O)O)c2=O)ccc1O. The lowest BCUT2D eigenvalue weighted by molar-refractivity contribution is -0.137. The molecule has 0 saturated heterocycles. The van der Waals surface area contributed by atoms with Crippen LogP contribution in [0.25, 0.3) is 23.3 Å². The number of aromatic hydroxyl groups is 1. The van der Waals surface area contributed by atoms with Gasteiger partial charge in [0.1, 0.15) is 17.8 Å². The molecule has 3 rings (SSSR count). The van der Waals surface area contributed by atoms with E-state index in [1.54, 1.807) is 30.3 Å². The lowest BCUT2D eigenvalue weighted by Gasteiger charge is -2.07. The van der Waals surface area contributed by atoms with Gasteiger partial charge in [-0.25, -0.2) is 9.97 Å². The molecule has 8 heteroatoms. The summed E-state index contributed by atoms with van der Waals surface area (Å²) in [6.07, 6.45) is 4.58. The number of rotatable bonds is 5. The minimum Gasteiger partial charge on any atom is -0.504 e. The highest BCUT2D eigenvalue weighted by Gasteiger charge is 2.12. The Bertz CT molecular complexity index is 1070. The standard InChI is InChI=1S/C18H15N3O5/c1-26-15-9-11(5-7-14(15)22)4-6-13-18(25)21(10-16(23)24)17-12(20-13)3-2-8-19-17/h2-9,22H,10H2,1H3,(H,23,24)/b6-4+. The summed E-state index contributed by atoms with van der Waals surface area (Å²) in [5.41, 5.74) is 0.830. The number of methoxy groups -OCH3 is 1. The Morgan fingerprint density at radius 3 is 2.85 bits per heavy atom. The van der Waals surface area contributed by atoms with Crippen LogP contribution in [-0.4, -0.2) is 37.8 Å². The minimum absolute atomic E-state index is 0.00312. The van der Waals surface area contributed by atoms with Crippen molar-refractivity contribution in [1.29, 1.82) is 0 Å². The second-order valence-corrected chi connectivity index (χ2v) is 5.39. The van der Waals surface area contributed by atoms with Crippen molar-refractivity contribution in [3.8, 4) is 11.5 Å². The summed E-state index contributed by atoms with van der Waals surface area (Å²) in [7, 11) is 1.44. The van der Waals surface area contributed by atoms with E-state index in [0.29, 0.717) is 16.8 Å². The van der Waals surface area contributed by atoms with Gasteiger partial charge in [0.2, 0.25) is 0 Å². The lowest BCUT2D eigenvalue weighted by Crippen LogP contribution is -2.27. The third-order valence-electron chi connectivity index (χ3n) is 3.66. The van der Waals surface area contributed by atoms with Gasteiger partial charge in [-0.1, -0.05) is 12.1 Å². The molecule has 2 heterocycles. The molecule has 2 N–H and O–H groups in total. The van der Waals surface area contributed by atoms with Gasteiger partial charge in [0.15, 0.2) is 17.1 Å². The molecule has 0 aliphatic rings. The Balaban J connectivity index is 2.09. The first-order valence-corrected chi connectivity index (χ1v) is 7.62. The van der Waals surface area contributed by atoms with Crippen molar-refractivity contribution >= 4 is 29.3 Å². The van der Waals surface area contributed by atoms with E-state index in [4.69, 9.17) is 9.84 Å². The summed E-state index contributed by atoms with van der Waals surface area (Å²) in [6, 6.07) is 8.03. The van der Waals surface area contributed by atoms with Gasteiger partial charge in [-0.15, -0.1) is 0 Å². The predicted molar refractivity (Wildman–Crippen MR) is 95.0 cm³/mol. The summed E-state index contributed by atoms with van der Waals surface area (Å²) in [5.74, 6) is -0.849. The van der Waals surface area contributed by atoms with Gasteiger partial charge in [0.05, 0.1) is 7.11 Å². The molecule has 8 nitrogen and oxygen atoms in total. The van der Waals surface area contributed by atoms with Crippen molar-refractivity contribution in [3.63, 3.8) is 0 Å². The Labute approximate surface area is 147 Å². The molecule has 3 aromatic rings. The molecule has 26 heavy (non-hydrogen) atoms. The van der Waals surface area contributed by atoms with Gasteiger partial charge < -0.3 is 14.9 Å². The third kappa shape index (κ3) is 3.39. The summed E-state index contributed by atoms with van der Waals surface area (Å²) in [6.45, 7) is -0.511. The van der Waals surface area contributed by atoms with Crippen LogP contribution in [0.2, 0.25) is 0 Å². The number of aliphatic carboxylic acids is 1. The molecule has 0 spiro atoms. The number of carboxylic acids is 1. The maximum atomic E-state index is 12.6. The fraction of sp³-hybridized carbons (Fsp3) is 0.111. The van der Waals surface area contributed by atoms with E-state index < -0.39 is 18.1 Å². The zero-order chi connectivity index (χ0) is 18.7. The summed E-state index contributed by atoms with van der Waals surface area (Å²) in [5, 5.41) is 18.7. The highest BCUT2D eigenvalue weighted by Crippen LogP contribution is 2.26. The Morgan fingerprint density at radius 1 is 1.31 bits per heavy atom. The summed E-state index contributed by atoms with van der Waals surface area (Å²) in [4.78, 5) is 32.0. The molecule has 2 aromatic heterocycles. The van der Waals surface area contributed by atoms with E-state index in [2.05, 4.69) is 9.97 Å². The van der Waals surface area contributed by atoms with E-state index >= 15 is 0 Å². The second kappa shape index (κ2) is 7.06.